The van der Waals surface area contributed by atoms with E-state index >= 15 is 0 Å². The lowest BCUT2D eigenvalue weighted by molar-refractivity contribution is -0.268. The van der Waals surface area contributed by atoms with Crippen molar-refractivity contribution >= 4 is 23.6 Å². The molecule has 1 heterocycles. The van der Waals surface area contributed by atoms with Gasteiger partial charge in [0.15, 0.2) is 12.4 Å². The highest BCUT2D eigenvalue weighted by Gasteiger charge is 2.38. The number of benzene rings is 4. The number of carbonyl (C=O) groups is 2. The van der Waals surface area contributed by atoms with Gasteiger partial charge in [0.1, 0.15) is 5.75 Å². The number of aliphatic hydroxyl groups excluding tert-OH is 1. The summed E-state index contributed by atoms with van der Waals surface area (Å²) in [6, 6.07) is 32.0. The molecule has 246 valence electrons. The first-order chi connectivity index (χ1) is 22.7. The number of nitrogens with one attached hydrogen (secondary N) is 1. The van der Waals surface area contributed by atoms with E-state index in [0.717, 1.165) is 44.0 Å². The van der Waals surface area contributed by atoms with Gasteiger partial charge in [-0.15, -0.1) is 11.8 Å². The third-order valence-electron chi connectivity index (χ3n) is 8.22. The minimum Gasteiger partial charge on any atom is -0.496 e. The van der Waals surface area contributed by atoms with Crippen LogP contribution in [-0.2, 0) is 37.0 Å². The number of aliphatic hydroxyl groups is 1. The monoisotopic (exact) mass is 655 g/mol. The Hall–Kier alpha value is -4.15. The minimum absolute atomic E-state index is 0.00948. The number of thioether (sulfide) groups is 1. The van der Waals surface area contributed by atoms with Crippen molar-refractivity contribution in [3.8, 4) is 16.9 Å². The zero-order valence-electron chi connectivity index (χ0n) is 27.1. The van der Waals surface area contributed by atoms with Crippen LogP contribution in [0.25, 0.3) is 11.1 Å². The topological polar surface area (TPSA) is 103 Å². The van der Waals surface area contributed by atoms with Gasteiger partial charge in [-0.2, -0.15) is 0 Å². The summed E-state index contributed by atoms with van der Waals surface area (Å²) in [6.45, 7) is 5.29. The summed E-state index contributed by atoms with van der Waals surface area (Å²) in [4.78, 5) is 24.5. The molecule has 2 N–H and O–H groups in total. The zero-order chi connectivity index (χ0) is 33.3. The Morgan fingerprint density at radius 2 is 1.62 bits per heavy atom. The van der Waals surface area contributed by atoms with Gasteiger partial charge in [-0.3, -0.25) is 9.59 Å². The Labute approximate surface area is 280 Å². The Balaban J connectivity index is 1.32. The number of hydrogen-bond acceptors (Lipinski definition) is 8. The second-order valence-corrected chi connectivity index (χ2v) is 12.6. The summed E-state index contributed by atoms with van der Waals surface area (Å²) in [5, 5.41) is 12.4. The Kier molecular flexibility index (Phi) is 11.7. The van der Waals surface area contributed by atoms with E-state index in [0.29, 0.717) is 12.3 Å². The van der Waals surface area contributed by atoms with Crippen LogP contribution in [0.1, 0.15) is 55.4 Å². The largest absolute Gasteiger partial charge is 0.496 e. The van der Waals surface area contributed by atoms with Crippen LogP contribution < -0.4 is 10.1 Å². The third kappa shape index (κ3) is 8.81. The molecule has 0 unspecified atom stereocenters. The third-order valence-corrected chi connectivity index (χ3v) is 9.36. The molecule has 0 aromatic heterocycles. The van der Waals surface area contributed by atoms with Crippen LogP contribution in [-0.4, -0.2) is 42.1 Å². The van der Waals surface area contributed by atoms with Crippen molar-refractivity contribution in [1.82, 2.24) is 5.32 Å². The predicted molar refractivity (Wildman–Crippen MR) is 182 cm³/mol. The van der Waals surface area contributed by atoms with Crippen molar-refractivity contribution in [2.24, 2.45) is 5.92 Å². The van der Waals surface area contributed by atoms with Crippen LogP contribution in [0.5, 0.6) is 5.75 Å². The summed E-state index contributed by atoms with van der Waals surface area (Å²) in [7, 11) is 1.68. The number of rotatable bonds is 12. The zero-order valence-corrected chi connectivity index (χ0v) is 27.9. The summed E-state index contributed by atoms with van der Waals surface area (Å²) < 4.78 is 23.8. The van der Waals surface area contributed by atoms with Crippen LogP contribution >= 0.6 is 11.8 Å². The molecular formula is C38H41NO7S. The standard InChI is InChI=1S/C38H41NO7S/c1-24-34(23-47-35-11-6-5-10-33(35)43-4)45-38(46-36(24)30-14-12-27(22-40)13-15-30)31-18-16-29(17-19-31)32-9-7-8-28(20-32)21-39-37(42)25(2)44-26(3)41/h5-20,24-25,34,36,38,40H,21-23H2,1-4H3,(H,39,42)/t24-,25-,34+,36+,38+/m0/s1. The molecule has 0 saturated carbocycles. The molecule has 5 atom stereocenters. The average molecular weight is 656 g/mol. The molecule has 0 radical (unpaired) electrons. The molecule has 47 heavy (non-hydrogen) atoms. The first-order valence-corrected chi connectivity index (χ1v) is 16.6. The van der Waals surface area contributed by atoms with Gasteiger partial charge in [0.25, 0.3) is 5.91 Å². The number of amides is 1. The fourth-order valence-corrected chi connectivity index (χ4v) is 6.74. The summed E-state index contributed by atoms with van der Waals surface area (Å²) in [5.41, 5.74) is 5.74. The normalized spacial score (nSPS) is 19.9. The highest BCUT2D eigenvalue weighted by Crippen LogP contribution is 2.44. The van der Waals surface area contributed by atoms with E-state index in [1.54, 1.807) is 25.8 Å². The van der Waals surface area contributed by atoms with Crippen LogP contribution in [0.4, 0.5) is 0 Å². The molecule has 1 saturated heterocycles. The number of methoxy groups -OCH3 is 1. The maximum Gasteiger partial charge on any atom is 0.303 e. The van der Waals surface area contributed by atoms with Gasteiger partial charge in [-0.05, 0) is 52.9 Å². The van der Waals surface area contributed by atoms with Gasteiger partial charge in [0.05, 0.1) is 25.9 Å². The van der Waals surface area contributed by atoms with Crippen molar-refractivity contribution in [2.75, 3.05) is 12.9 Å². The molecule has 1 aliphatic heterocycles. The lowest BCUT2D eigenvalue weighted by Crippen LogP contribution is -2.38. The number of hydrogen-bond donors (Lipinski definition) is 2. The van der Waals surface area contributed by atoms with Crippen LogP contribution in [0.15, 0.2) is 102 Å². The van der Waals surface area contributed by atoms with Crippen molar-refractivity contribution in [1.29, 1.82) is 0 Å². The van der Waals surface area contributed by atoms with E-state index in [1.807, 2.05) is 91.0 Å². The lowest BCUT2D eigenvalue weighted by Gasteiger charge is -2.41. The average Bonchev–Trinajstić information content (AvgIpc) is 3.10. The smallest absolute Gasteiger partial charge is 0.303 e. The van der Waals surface area contributed by atoms with Gasteiger partial charge in [-0.25, -0.2) is 0 Å². The van der Waals surface area contributed by atoms with Crippen molar-refractivity contribution in [3.63, 3.8) is 0 Å². The highest BCUT2D eigenvalue weighted by molar-refractivity contribution is 7.99. The van der Waals surface area contributed by atoms with Crippen molar-refractivity contribution in [3.05, 3.63) is 119 Å². The van der Waals surface area contributed by atoms with E-state index in [9.17, 15) is 14.7 Å². The lowest BCUT2D eigenvalue weighted by atomic mass is 9.91. The van der Waals surface area contributed by atoms with Crippen LogP contribution in [0.2, 0.25) is 0 Å². The molecule has 5 rings (SSSR count). The number of para-hydroxylation sites is 1. The maximum absolute atomic E-state index is 12.3. The molecule has 0 spiro atoms. The fraction of sp³-hybridized carbons (Fsp3) is 0.316. The van der Waals surface area contributed by atoms with E-state index in [2.05, 4.69) is 18.3 Å². The van der Waals surface area contributed by atoms with E-state index in [-0.39, 0.29) is 30.6 Å². The SMILES string of the molecule is COc1ccccc1SC[C@H]1O[C@@H](c2ccc(-c3cccc(CNC(=O)[C@H](C)OC(C)=O)c3)cc2)O[C@@H](c2ccc(CO)cc2)[C@H]1C. The first-order valence-electron chi connectivity index (χ1n) is 15.7. The molecule has 1 fully saturated rings. The number of carbonyl (C=O) groups excluding carboxylic acids is 2. The Morgan fingerprint density at radius 3 is 2.32 bits per heavy atom. The van der Waals surface area contributed by atoms with E-state index in [4.69, 9.17) is 18.9 Å². The van der Waals surface area contributed by atoms with Crippen LogP contribution in [0.3, 0.4) is 0 Å². The number of ether oxygens (including phenoxy) is 4. The second kappa shape index (κ2) is 16.1. The molecule has 4 aromatic rings. The molecule has 9 heteroatoms. The second-order valence-electron chi connectivity index (χ2n) is 11.6. The molecule has 1 amide bonds. The Bertz CT molecular complexity index is 1640. The minimum atomic E-state index is -0.853. The summed E-state index contributed by atoms with van der Waals surface area (Å²) >= 11 is 1.71. The number of esters is 1. The molecule has 4 aromatic carbocycles. The molecular weight excluding hydrogens is 614 g/mol. The molecule has 0 bridgehead atoms. The maximum atomic E-state index is 12.3. The predicted octanol–water partition coefficient (Wildman–Crippen LogP) is 7.01. The van der Waals surface area contributed by atoms with Gasteiger partial charge in [0, 0.05) is 35.6 Å². The van der Waals surface area contributed by atoms with Crippen LogP contribution in [0, 0.1) is 5.92 Å². The molecule has 1 aliphatic rings. The van der Waals surface area contributed by atoms with Gasteiger partial charge >= 0.3 is 5.97 Å². The van der Waals surface area contributed by atoms with Gasteiger partial charge in [-0.1, -0.05) is 85.8 Å². The highest BCUT2D eigenvalue weighted by atomic mass is 32.2. The van der Waals surface area contributed by atoms with Crippen molar-refractivity contribution in [2.45, 2.75) is 63.4 Å². The Morgan fingerprint density at radius 1 is 0.894 bits per heavy atom. The fourth-order valence-electron chi connectivity index (χ4n) is 5.55. The molecule has 0 aliphatic carbocycles. The van der Waals surface area contributed by atoms with E-state index < -0.39 is 18.4 Å². The quantitative estimate of drug-likeness (QED) is 0.124. The van der Waals surface area contributed by atoms with Crippen molar-refractivity contribution < 1.29 is 33.6 Å². The van der Waals surface area contributed by atoms with E-state index in [1.165, 1.54) is 6.92 Å². The van der Waals surface area contributed by atoms with Gasteiger partial charge in [0.2, 0.25) is 0 Å². The van der Waals surface area contributed by atoms with Gasteiger partial charge < -0.3 is 29.4 Å². The summed E-state index contributed by atoms with van der Waals surface area (Å²) in [5.74, 6) is 0.773. The molecule has 8 nitrogen and oxygen atoms in total. The summed E-state index contributed by atoms with van der Waals surface area (Å²) in [6.07, 6.45) is -1.75. The first kappa shape index (κ1) is 34.2.